The zero-order valence-electron chi connectivity index (χ0n) is 15.6. The Labute approximate surface area is 161 Å². The standard InChI is InChI=1S/C19H20N2O7/c1-19(2,3)17(20-18(22)23)13-8-11(4-6-14(13)21(24)25)28-12-5-7-15-16(9-12)27-10-26-15/h4-9,17,20H,10H2,1-3H3,(H,22,23). The first-order valence-electron chi connectivity index (χ1n) is 8.50. The van der Waals surface area contributed by atoms with Crippen molar-refractivity contribution in [2.75, 3.05) is 6.79 Å². The molecule has 1 atom stereocenters. The summed E-state index contributed by atoms with van der Waals surface area (Å²) in [7, 11) is 0. The van der Waals surface area contributed by atoms with Crippen molar-refractivity contribution in [3.05, 3.63) is 52.1 Å². The van der Waals surface area contributed by atoms with Crippen molar-refractivity contribution in [3.63, 3.8) is 0 Å². The third kappa shape index (κ3) is 4.08. The van der Waals surface area contributed by atoms with Gasteiger partial charge in [0, 0.05) is 12.1 Å². The molecule has 0 spiro atoms. The largest absolute Gasteiger partial charge is 0.465 e. The number of hydrogen-bond acceptors (Lipinski definition) is 6. The number of fused-ring (bicyclic) bond motifs is 1. The lowest BCUT2D eigenvalue weighted by Crippen LogP contribution is -2.36. The highest BCUT2D eigenvalue weighted by molar-refractivity contribution is 5.66. The smallest absolute Gasteiger partial charge is 0.405 e. The molecule has 1 aliphatic rings. The van der Waals surface area contributed by atoms with Crippen LogP contribution in [0, 0.1) is 15.5 Å². The van der Waals surface area contributed by atoms with Gasteiger partial charge in [-0.25, -0.2) is 4.79 Å². The molecule has 2 aromatic rings. The van der Waals surface area contributed by atoms with Gasteiger partial charge in [0.1, 0.15) is 11.5 Å². The lowest BCUT2D eigenvalue weighted by molar-refractivity contribution is -0.386. The maximum atomic E-state index is 11.5. The van der Waals surface area contributed by atoms with Gasteiger partial charge in [0.25, 0.3) is 5.69 Å². The van der Waals surface area contributed by atoms with Gasteiger partial charge in [-0.1, -0.05) is 20.8 Å². The number of nitrogens with one attached hydrogen (secondary N) is 1. The number of nitrogens with zero attached hydrogens (tertiary/aromatic N) is 1. The van der Waals surface area contributed by atoms with E-state index in [-0.39, 0.29) is 18.0 Å². The molecule has 9 heteroatoms. The Morgan fingerprint density at radius 3 is 2.46 bits per heavy atom. The topological polar surface area (TPSA) is 120 Å². The summed E-state index contributed by atoms with van der Waals surface area (Å²) in [5, 5.41) is 23.1. The van der Waals surface area contributed by atoms with Crippen LogP contribution < -0.4 is 19.5 Å². The summed E-state index contributed by atoms with van der Waals surface area (Å²) in [6, 6.07) is 8.48. The number of hydrogen-bond donors (Lipinski definition) is 2. The van der Waals surface area contributed by atoms with Crippen molar-refractivity contribution in [2.24, 2.45) is 5.41 Å². The minimum atomic E-state index is -1.27. The molecule has 0 fully saturated rings. The molecule has 1 aliphatic heterocycles. The van der Waals surface area contributed by atoms with E-state index in [2.05, 4.69) is 5.32 Å². The number of carboxylic acid groups (broad SMARTS) is 1. The van der Waals surface area contributed by atoms with Crippen molar-refractivity contribution in [2.45, 2.75) is 26.8 Å². The van der Waals surface area contributed by atoms with Crippen LogP contribution in [0.25, 0.3) is 0 Å². The summed E-state index contributed by atoms with van der Waals surface area (Å²) in [5.41, 5.74) is -0.578. The molecule has 1 unspecified atom stereocenters. The highest BCUT2D eigenvalue weighted by Gasteiger charge is 2.33. The second kappa shape index (κ2) is 7.26. The van der Waals surface area contributed by atoms with Crippen LogP contribution in [-0.2, 0) is 0 Å². The molecule has 0 aromatic heterocycles. The van der Waals surface area contributed by atoms with Crippen molar-refractivity contribution < 1.29 is 29.0 Å². The molecule has 0 aliphatic carbocycles. The first kappa shape index (κ1) is 19.3. The minimum absolute atomic E-state index is 0.134. The van der Waals surface area contributed by atoms with E-state index in [1.807, 2.05) is 0 Å². The molecule has 0 radical (unpaired) electrons. The van der Waals surface area contributed by atoms with E-state index in [4.69, 9.17) is 14.2 Å². The summed E-state index contributed by atoms with van der Waals surface area (Å²) in [6.45, 7) is 5.52. The quantitative estimate of drug-likeness (QED) is 0.572. The number of nitro groups is 1. The molecule has 28 heavy (non-hydrogen) atoms. The zero-order chi connectivity index (χ0) is 20.5. The Balaban J connectivity index is 1.99. The van der Waals surface area contributed by atoms with Crippen LogP contribution in [0.3, 0.4) is 0 Å². The zero-order valence-corrected chi connectivity index (χ0v) is 15.6. The van der Waals surface area contributed by atoms with E-state index in [1.165, 1.54) is 18.2 Å². The number of rotatable bonds is 5. The highest BCUT2D eigenvalue weighted by atomic mass is 16.7. The summed E-state index contributed by atoms with van der Waals surface area (Å²) in [6.07, 6.45) is -1.27. The molecular weight excluding hydrogens is 368 g/mol. The third-order valence-electron chi connectivity index (χ3n) is 4.22. The van der Waals surface area contributed by atoms with Crippen LogP contribution in [0.15, 0.2) is 36.4 Å². The SMILES string of the molecule is CC(C)(C)C(NC(=O)O)c1cc(Oc2ccc3c(c2)OCO3)ccc1[N+](=O)[O-]. The predicted molar refractivity (Wildman–Crippen MR) is 99.1 cm³/mol. The summed E-state index contributed by atoms with van der Waals surface area (Å²) >= 11 is 0. The fraction of sp³-hybridized carbons (Fsp3) is 0.316. The van der Waals surface area contributed by atoms with Gasteiger partial charge in [-0.2, -0.15) is 0 Å². The van der Waals surface area contributed by atoms with E-state index >= 15 is 0 Å². The Morgan fingerprint density at radius 1 is 1.18 bits per heavy atom. The van der Waals surface area contributed by atoms with E-state index in [0.717, 1.165) is 0 Å². The Kier molecular flexibility index (Phi) is 5.00. The molecule has 0 saturated heterocycles. The first-order valence-corrected chi connectivity index (χ1v) is 8.50. The van der Waals surface area contributed by atoms with E-state index in [0.29, 0.717) is 23.0 Å². The summed E-state index contributed by atoms with van der Waals surface area (Å²) < 4.78 is 16.4. The number of amides is 1. The van der Waals surface area contributed by atoms with Crippen molar-refractivity contribution in [1.82, 2.24) is 5.32 Å². The van der Waals surface area contributed by atoms with Crippen LogP contribution in [0.4, 0.5) is 10.5 Å². The lowest BCUT2D eigenvalue weighted by Gasteiger charge is -2.30. The van der Waals surface area contributed by atoms with Crippen LogP contribution in [0.1, 0.15) is 32.4 Å². The van der Waals surface area contributed by atoms with Gasteiger partial charge in [-0.15, -0.1) is 0 Å². The second-order valence-electron chi connectivity index (χ2n) is 7.34. The van der Waals surface area contributed by atoms with Gasteiger partial charge in [0.15, 0.2) is 11.5 Å². The van der Waals surface area contributed by atoms with Gasteiger partial charge in [-0.05, 0) is 29.7 Å². The molecule has 148 valence electrons. The fourth-order valence-electron chi connectivity index (χ4n) is 2.95. The number of nitro benzene ring substituents is 1. The van der Waals surface area contributed by atoms with Crippen LogP contribution in [0.5, 0.6) is 23.0 Å². The molecule has 1 amide bonds. The number of carbonyl (C=O) groups is 1. The van der Waals surface area contributed by atoms with Crippen LogP contribution >= 0.6 is 0 Å². The average Bonchev–Trinajstić information content (AvgIpc) is 3.06. The molecule has 3 rings (SSSR count). The maximum absolute atomic E-state index is 11.5. The van der Waals surface area contributed by atoms with Gasteiger partial charge in [0.2, 0.25) is 6.79 Å². The molecule has 9 nitrogen and oxygen atoms in total. The predicted octanol–water partition coefficient (Wildman–Crippen LogP) is 4.47. The van der Waals surface area contributed by atoms with Gasteiger partial charge in [-0.3, -0.25) is 10.1 Å². The minimum Gasteiger partial charge on any atom is -0.465 e. The molecule has 2 aromatic carbocycles. The number of benzene rings is 2. The lowest BCUT2D eigenvalue weighted by atomic mass is 9.81. The average molecular weight is 388 g/mol. The Morgan fingerprint density at radius 2 is 1.82 bits per heavy atom. The molecular formula is C19H20N2O7. The molecule has 0 saturated carbocycles. The van der Waals surface area contributed by atoms with E-state index < -0.39 is 22.5 Å². The van der Waals surface area contributed by atoms with Crippen LogP contribution in [0.2, 0.25) is 0 Å². The maximum Gasteiger partial charge on any atom is 0.405 e. The first-order chi connectivity index (χ1) is 13.1. The highest BCUT2D eigenvalue weighted by Crippen LogP contribution is 2.41. The van der Waals surface area contributed by atoms with Crippen molar-refractivity contribution >= 4 is 11.8 Å². The number of ether oxygens (including phenoxy) is 3. The van der Waals surface area contributed by atoms with Crippen molar-refractivity contribution in [1.29, 1.82) is 0 Å². The normalized spacial score (nSPS) is 13.7. The van der Waals surface area contributed by atoms with Gasteiger partial charge < -0.3 is 24.6 Å². The summed E-state index contributed by atoms with van der Waals surface area (Å²) in [5.74, 6) is 1.94. The monoisotopic (exact) mass is 388 g/mol. The van der Waals surface area contributed by atoms with Gasteiger partial charge >= 0.3 is 6.09 Å². The van der Waals surface area contributed by atoms with Crippen molar-refractivity contribution in [3.8, 4) is 23.0 Å². The van der Waals surface area contributed by atoms with E-state index in [9.17, 15) is 20.0 Å². The second-order valence-corrected chi connectivity index (χ2v) is 7.34. The molecule has 0 bridgehead atoms. The fourth-order valence-corrected chi connectivity index (χ4v) is 2.95. The Hall–Kier alpha value is -3.49. The molecule has 2 N–H and O–H groups in total. The van der Waals surface area contributed by atoms with E-state index in [1.54, 1.807) is 39.0 Å². The van der Waals surface area contributed by atoms with Gasteiger partial charge in [0.05, 0.1) is 16.5 Å². The van der Waals surface area contributed by atoms with Crippen LogP contribution in [-0.4, -0.2) is 22.9 Å². The molecule has 1 heterocycles. The third-order valence-corrected chi connectivity index (χ3v) is 4.22. The summed E-state index contributed by atoms with van der Waals surface area (Å²) in [4.78, 5) is 22.2. The Bertz CT molecular complexity index is 921.